The summed E-state index contributed by atoms with van der Waals surface area (Å²) in [5, 5.41) is 31.9. The van der Waals surface area contributed by atoms with Crippen LogP contribution < -0.4 is 29.0 Å². The lowest BCUT2D eigenvalue weighted by Gasteiger charge is -2.44. The fourth-order valence-electron chi connectivity index (χ4n) is 9.58. The number of ether oxygens (including phenoxy) is 6. The highest BCUT2D eigenvalue weighted by Crippen LogP contribution is 2.51. The molecule has 0 radical (unpaired) electrons. The number of hydrogen-bond donors (Lipinski definition) is 3. The van der Waals surface area contributed by atoms with Gasteiger partial charge in [-0.2, -0.15) is 17.0 Å². The number of thioether (sulfide) groups is 1. The number of carbonyl (C=O) groups excluding carboxylic acids is 2. The first-order valence-electron chi connectivity index (χ1n) is 22.7. The minimum Gasteiger partial charge on any atom is -0.504 e. The van der Waals surface area contributed by atoms with Crippen LogP contribution in [0.4, 0.5) is 0 Å². The molecule has 1 saturated heterocycles. The van der Waals surface area contributed by atoms with Crippen LogP contribution in [0.2, 0.25) is 0 Å². The number of aliphatic hydroxyl groups is 1. The number of aliphatic hydroxyl groups excluding tert-OH is 1. The number of aryl methyl sites for hydroxylation is 3. The molecule has 14 nitrogen and oxygen atoms in total. The van der Waals surface area contributed by atoms with Gasteiger partial charge in [-0.15, -0.1) is 0 Å². The van der Waals surface area contributed by atoms with E-state index >= 15 is 0 Å². The van der Waals surface area contributed by atoms with Crippen LogP contribution in [0.25, 0.3) is 0 Å². The van der Waals surface area contributed by atoms with Crippen molar-refractivity contribution in [1.82, 2.24) is 15.1 Å². The van der Waals surface area contributed by atoms with Gasteiger partial charge in [-0.1, -0.05) is 25.0 Å². The van der Waals surface area contributed by atoms with Gasteiger partial charge in [-0.3, -0.25) is 15.0 Å². The molecule has 0 aliphatic carbocycles. The number of benzene rings is 3. The lowest BCUT2D eigenvalue weighted by atomic mass is 9.81. The topological polar surface area (TPSA) is 172 Å². The van der Waals surface area contributed by atoms with E-state index in [-0.39, 0.29) is 37.8 Å². The highest BCUT2D eigenvalue weighted by Gasteiger charge is 2.48. The van der Waals surface area contributed by atoms with Gasteiger partial charge < -0.3 is 43.5 Å². The summed E-state index contributed by atoms with van der Waals surface area (Å²) in [4.78, 5) is 31.8. The number of nitrogens with zero attached hydrogens (tertiary/aromatic N) is 3. The molecular weight excluding hydrogens is 849 g/mol. The molecule has 65 heavy (non-hydrogen) atoms. The van der Waals surface area contributed by atoms with Crippen molar-refractivity contribution >= 4 is 23.7 Å². The lowest BCUT2D eigenvalue weighted by molar-refractivity contribution is -0.154. The Morgan fingerprint density at radius 1 is 1.00 bits per heavy atom. The molecule has 0 amide bonds. The molecule has 3 N–H and O–H groups in total. The zero-order valence-corrected chi connectivity index (χ0v) is 40.9. The van der Waals surface area contributed by atoms with Crippen LogP contribution in [0.15, 0.2) is 18.2 Å². The summed E-state index contributed by atoms with van der Waals surface area (Å²) in [6.07, 6.45) is 7.46. The van der Waals surface area contributed by atoms with Gasteiger partial charge in [0.2, 0.25) is 6.79 Å². The van der Waals surface area contributed by atoms with E-state index in [4.69, 9.17) is 33.7 Å². The summed E-state index contributed by atoms with van der Waals surface area (Å²) in [6.45, 7) is 10.0. The molecule has 4 aliphatic heterocycles. The number of nitriles is 1. The Labute approximate surface area is 389 Å². The van der Waals surface area contributed by atoms with Gasteiger partial charge in [0.15, 0.2) is 28.5 Å². The van der Waals surface area contributed by atoms with Gasteiger partial charge in [-0.05, 0) is 127 Å². The van der Waals surface area contributed by atoms with Crippen LogP contribution in [0, 0.1) is 32.1 Å². The van der Waals surface area contributed by atoms with Gasteiger partial charge in [0.05, 0.1) is 26.3 Å². The number of phenols is 1. The summed E-state index contributed by atoms with van der Waals surface area (Å²) in [6, 6.07) is 7.49. The van der Waals surface area contributed by atoms with Crippen molar-refractivity contribution in [3.05, 3.63) is 68.3 Å². The average Bonchev–Trinajstić information content (AvgIpc) is 3.75. The Morgan fingerprint density at radius 2 is 1.71 bits per heavy atom. The molecule has 0 saturated carbocycles. The highest BCUT2D eigenvalue weighted by atomic mass is 32.2. The average molecular weight is 919 g/mol. The maximum absolute atomic E-state index is 14.9. The first-order valence-corrected chi connectivity index (χ1v) is 23.8. The minimum atomic E-state index is -1.15. The molecule has 4 aliphatic rings. The lowest BCUT2D eigenvalue weighted by Crippen LogP contribution is -2.57. The van der Waals surface area contributed by atoms with Crippen LogP contribution in [-0.2, 0) is 45.5 Å². The van der Waals surface area contributed by atoms with Gasteiger partial charge in [0.25, 0.3) is 0 Å². The van der Waals surface area contributed by atoms with Gasteiger partial charge in [0.1, 0.15) is 18.1 Å². The van der Waals surface area contributed by atoms with Gasteiger partial charge in [-0.25, -0.2) is 4.79 Å². The summed E-state index contributed by atoms with van der Waals surface area (Å²) < 4.78 is 36.4. The fourth-order valence-corrected chi connectivity index (χ4v) is 11.0. The van der Waals surface area contributed by atoms with E-state index < -0.39 is 17.6 Å². The number of fused-ring (bicyclic) bond motifs is 5. The van der Waals surface area contributed by atoms with Crippen molar-refractivity contribution in [3.8, 4) is 40.6 Å². The molecule has 4 heterocycles. The number of carbonyl (C=O) groups is 2. The summed E-state index contributed by atoms with van der Waals surface area (Å²) in [5.41, 5.74) is 6.95. The third-order valence-corrected chi connectivity index (χ3v) is 13.6. The highest BCUT2D eigenvalue weighted by molar-refractivity contribution is 7.99. The third-order valence-electron chi connectivity index (χ3n) is 12.4. The maximum atomic E-state index is 14.9. The van der Waals surface area contributed by atoms with E-state index in [0.717, 1.165) is 96.1 Å². The number of phenolic OH excluding ortho intramolecular Hbond substituents is 1. The van der Waals surface area contributed by atoms with Crippen molar-refractivity contribution in [3.63, 3.8) is 0 Å². The SMILES string of the molecule is CC#N.CN(C)C.COc1cc2c(cc1CCCCCCO)CCN[C@]21CSCC2Cc3c(cc(C)c(OC)c3O)CCCN2C(c2c(C)c(OC(C)=O)c(C)c3c2OCO3)COC1=O. The second-order valence-corrected chi connectivity index (χ2v) is 18.6. The predicted molar refractivity (Wildman–Crippen MR) is 253 cm³/mol. The van der Waals surface area contributed by atoms with Crippen LogP contribution >= 0.6 is 11.8 Å². The fraction of sp³-hybridized carbons (Fsp3) is 0.580. The third kappa shape index (κ3) is 11.6. The number of cyclic esters (lactones) is 1. The van der Waals surface area contributed by atoms with Gasteiger partial charge >= 0.3 is 11.9 Å². The number of esters is 2. The summed E-state index contributed by atoms with van der Waals surface area (Å²) >= 11 is 1.70. The van der Waals surface area contributed by atoms with Crippen molar-refractivity contribution in [2.24, 2.45) is 0 Å². The number of hydrogen-bond acceptors (Lipinski definition) is 15. The van der Waals surface area contributed by atoms with Crippen LogP contribution in [0.5, 0.6) is 34.5 Å². The molecule has 3 atom stereocenters. The molecule has 1 spiro atoms. The van der Waals surface area contributed by atoms with Crippen LogP contribution in [0.1, 0.15) is 102 Å². The monoisotopic (exact) mass is 918 g/mol. The standard InChI is InChI=1S/C45H58N2O10S.C3H9N.C2H3N/c1-26-18-30-13-11-16-47-33(20-34(30)39(50)40(26)53-6)23-58-24-45(35-21-37(52-5)32(12-9-7-8-10-17-48)19-31(35)14-15-46-45)44(51)54-22-36(47)38-27(2)41(57-29(4)49)28(3)42-43(38)56-25-55-42;1-4(2)3;1-2-3/h18-19,21,33,36,46,48,50H,7-17,20,22-25H2,1-6H3;1-3H3;1H3/t33?,36?,45-;;/m1../s1. The maximum Gasteiger partial charge on any atom is 0.331 e. The molecule has 0 aromatic heterocycles. The quantitative estimate of drug-likeness (QED) is 0.108. The van der Waals surface area contributed by atoms with E-state index in [1.807, 2.05) is 52.9 Å². The second kappa shape index (κ2) is 23.6. The number of aromatic hydroxyl groups is 1. The summed E-state index contributed by atoms with van der Waals surface area (Å²) in [5.74, 6) is 3.13. The molecule has 1 fully saturated rings. The zero-order valence-electron chi connectivity index (χ0n) is 40.1. The molecule has 356 valence electrons. The smallest absolute Gasteiger partial charge is 0.331 e. The van der Waals surface area contributed by atoms with Crippen molar-refractivity contribution < 1.29 is 48.2 Å². The van der Waals surface area contributed by atoms with E-state index in [1.165, 1.54) is 13.8 Å². The van der Waals surface area contributed by atoms with E-state index in [9.17, 15) is 19.8 Å². The van der Waals surface area contributed by atoms with Crippen LogP contribution in [-0.4, -0.2) is 118 Å². The molecule has 7 rings (SSSR count). The second-order valence-electron chi connectivity index (χ2n) is 17.5. The van der Waals surface area contributed by atoms with E-state index in [1.54, 1.807) is 32.1 Å². The minimum absolute atomic E-state index is 0.00288. The molecule has 3 aromatic carbocycles. The largest absolute Gasteiger partial charge is 0.504 e. The Kier molecular flexibility index (Phi) is 18.6. The van der Waals surface area contributed by atoms with E-state index in [0.29, 0.717) is 65.1 Å². The van der Waals surface area contributed by atoms with Crippen molar-refractivity contribution in [2.75, 3.05) is 80.0 Å². The number of nitrogens with one attached hydrogen (secondary N) is 1. The van der Waals surface area contributed by atoms with Crippen LogP contribution in [0.3, 0.4) is 0 Å². The van der Waals surface area contributed by atoms with Crippen molar-refractivity contribution in [2.45, 2.75) is 110 Å². The Morgan fingerprint density at radius 3 is 2.38 bits per heavy atom. The molecule has 2 unspecified atom stereocenters. The number of methoxy groups -OCH3 is 2. The molecule has 0 bridgehead atoms. The first-order chi connectivity index (χ1) is 31.2. The Hall–Kier alpha value is -4.72. The first kappa shape index (κ1) is 51.3. The molecule has 15 heteroatoms. The predicted octanol–water partition coefficient (Wildman–Crippen LogP) is 7.02. The summed E-state index contributed by atoms with van der Waals surface area (Å²) in [7, 11) is 9.26. The number of unbranched alkanes of at least 4 members (excludes halogenated alkanes) is 3. The Bertz CT molecular complexity index is 2190. The molecular formula is C50H70N4O10S. The Balaban J connectivity index is 0.00000106. The zero-order chi connectivity index (χ0) is 47.4. The van der Waals surface area contributed by atoms with Crippen molar-refractivity contribution in [1.29, 1.82) is 5.26 Å². The van der Waals surface area contributed by atoms with Gasteiger partial charge in [0, 0.05) is 66.8 Å². The molecule has 3 aromatic rings. The normalized spacial score (nSPS) is 20.2. The number of rotatable bonds is 10. The van der Waals surface area contributed by atoms with E-state index in [2.05, 4.69) is 22.3 Å².